The van der Waals surface area contributed by atoms with Gasteiger partial charge in [0.1, 0.15) is 0 Å². The average Bonchev–Trinajstić information content (AvgIpc) is 2.95. The summed E-state index contributed by atoms with van der Waals surface area (Å²) in [5.41, 5.74) is 2.94. The maximum Gasteiger partial charge on any atom is 0.208 e. The van der Waals surface area contributed by atoms with Crippen molar-refractivity contribution < 1.29 is 4.74 Å². The molecule has 1 atom stereocenters. The van der Waals surface area contributed by atoms with Gasteiger partial charge in [-0.15, -0.1) is 0 Å². The highest BCUT2D eigenvalue weighted by Gasteiger charge is 2.12. The molecule has 2 rings (SSSR count). The molecule has 30 heavy (non-hydrogen) atoms. The lowest BCUT2D eigenvalue weighted by molar-refractivity contribution is 0.270. The third kappa shape index (κ3) is 6.39. The van der Waals surface area contributed by atoms with E-state index in [2.05, 4.69) is 54.0 Å². The van der Waals surface area contributed by atoms with E-state index in [1.807, 2.05) is 49.3 Å². The van der Waals surface area contributed by atoms with Crippen molar-refractivity contribution in [2.75, 3.05) is 20.2 Å². The molecule has 0 amide bonds. The van der Waals surface area contributed by atoms with Crippen LogP contribution < -0.4 is 0 Å². The first-order valence-corrected chi connectivity index (χ1v) is 10.7. The Morgan fingerprint density at radius 2 is 2.17 bits per heavy atom. The Balaban J connectivity index is 2.38. The third-order valence-electron chi connectivity index (χ3n) is 5.02. The van der Waals surface area contributed by atoms with Crippen molar-refractivity contribution in [1.82, 2.24) is 14.7 Å². The van der Waals surface area contributed by atoms with Gasteiger partial charge in [-0.25, -0.2) is 9.98 Å². The Bertz CT molecular complexity index is 870. The van der Waals surface area contributed by atoms with Crippen molar-refractivity contribution >= 4 is 23.8 Å². The summed E-state index contributed by atoms with van der Waals surface area (Å²) in [5, 5.41) is 4.43. The molecule has 1 aromatic rings. The van der Waals surface area contributed by atoms with Gasteiger partial charge < -0.3 is 4.74 Å². The van der Waals surface area contributed by atoms with Crippen LogP contribution in [0.15, 0.2) is 58.0 Å². The largest absolute Gasteiger partial charge is 0.481 e. The number of methoxy groups -OCH3 is 1. The maximum absolute atomic E-state index is 5.34. The average molecular weight is 410 g/mol. The molecule has 162 valence electrons. The van der Waals surface area contributed by atoms with Gasteiger partial charge in [-0.3, -0.25) is 9.58 Å². The van der Waals surface area contributed by atoms with Gasteiger partial charge in [0.2, 0.25) is 5.88 Å². The minimum absolute atomic E-state index is 0.267. The van der Waals surface area contributed by atoms with Crippen molar-refractivity contribution in [3.63, 3.8) is 0 Å². The maximum atomic E-state index is 5.34. The molecule has 1 aliphatic carbocycles. The highest BCUT2D eigenvalue weighted by Crippen LogP contribution is 2.24. The number of hydrogen-bond donors (Lipinski definition) is 0. The quantitative estimate of drug-likeness (QED) is 0.422. The van der Waals surface area contributed by atoms with Crippen molar-refractivity contribution in [3.8, 4) is 0 Å². The van der Waals surface area contributed by atoms with Crippen molar-refractivity contribution in [2.45, 2.75) is 46.6 Å². The fourth-order valence-electron chi connectivity index (χ4n) is 3.32. The van der Waals surface area contributed by atoms with Crippen LogP contribution in [-0.4, -0.2) is 52.8 Å². The number of nitrogens with zero attached hydrogens (tertiary/aromatic N) is 5. The molecule has 0 radical (unpaired) electrons. The van der Waals surface area contributed by atoms with Gasteiger partial charge in [-0.2, -0.15) is 5.10 Å². The SMILES string of the molecule is C\C=C(/N=C1\CC=CC=C\C1=C/c1cnn(C)c1N=CC(C)N(CC)CCC)OC. The molecule has 0 N–H and O–H groups in total. The van der Waals surface area contributed by atoms with Gasteiger partial charge in [0.05, 0.1) is 19.0 Å². The van der Waals surface area contributed by atoms with Crippen LogP contribution in [0.3, 0.4) is 0 Å². The van der Waals surface area contributed by atoms with E-state index in [-0.39, 0.29) is 6.04 Å². The van der Waals surface area contributed by atoms with E-state index in [0.717, 1.165) is 48.6 Å². The van der Waals surface area contributed by atoms with E-state index in [1.165, 1.54) is 0 Å². The number of allylic oxidation sites excluding steroid dienone is 6. The van der Waals surface area contributed by atoms with E-state index < -0.39 is 0 Å². The van der Waals surface area contributed by atoms with Gasteiger partial charge in [0.25, 0.3) is 0 Å². The van der Waals surface area contributed by atoms with Crippen molar-refractivity contribution in [2.24, 2.45) is 17.0 Å². The van der Waals surface area contributed by atoms with Crippen LogP contribution in [0, 0.1) is 0 Å². The fourth-order valence-corrected chi connectivity index (χ4v) is 3.32. The minimum atomic E-state index is 0.267. The minimum Gasteiger partial charge on any atom is -0.481 e. The van der Waals surface area contributed by atoms with E-state index in [1.54, 1.807) is 7.11 Å². The molecule has 1 heterocycles. The Morgan fingerprint density at radius 1 is 1.37 bits per heavy atom. The molecule has 1 aromatic heterocycles. The summed E-state index contributed by atoms with van der Waals surface area (Å²) >= 11 is 0. The van der Waals surface area contributed by atoms with Crippen molar-refractivity contribution in [1.29, 1.82) is 0 Å². The number of aliphatic imine (C=N–C) groups is 2. The second kappa shape index (κ2) is 12.1. The molecule has 0 fully saturated rings. The lowest BCUT2D eigenvalue weighted by Crippen LogP contribution is -2.34. The number of ether oxygens (including phenoxy) is 1. The molecular weight excluding hydrogens is 374 g/mol. The number of hydrogen-bond acceptors (Lipinski definition) is 5. The first kappa shape index (κ1) is 23.5. The van der Waals surface area contributed by atoms with E-state index in [4.69, 9.17) is 9.73 Å². The molecule has 6 nitrogen and oxygen atoms in total. The van der Waals surface area contributed by atoms with Crippen LogP contribution in [-0.2, 0) is 11.8 Å². The topological polar surface area (TPSA) is 55.0 Å². The Hall–Kier alpha value is -2.73. The molecular formula is C24H35N5O. The number of aromatic nitrogens is 2. The monoisotopic (exact) mass is 409 g/mol. The van der Waals surface area contributed by atoms with E-state index in [9.17, 15) is 0 Å². The lowest BCUT2D eigenvalue weighted by Gasteiger charge is -2.24. The summed E-state index contributed by atoms with van der Waals surface area (Å²) in [6.07, 6.45) is 17.9. The molecule has 0 aromatic carbocycles. The van der Waals surface area contributed by atoms with Crippen LogP contribution in [0.5, 0.6) is 0 Å². The van der Waals surface area contributed by atoms with Crippen LogP contribution in [0.1, 0.15) is 46.1 Å². The summed E-state index contributed by atoms with van der Waals surface area (Å²) in [5.74, 6) is 1.44. The van der Waals surface area contributed by atoms with Crippen LogP contribution in [0.2, 0.25) is 0 Å². The van der Waals surface area contributed by atoms with Crippen LogP contribution in [0.4, 0.5) is 5.82 Å². The molecule has 6 heteroatoms. The summed E-state index contributed by atoms with van der Waals surface area (Å²) in [6, 6.07) is 0.267. The zero-order valence-electron chi connectivity index (χ0n) is 19.2. The van der Waals surface area contributed by atoms with Gasteiger partial charge in [-0.05, 0) is 51.1 Å². The predicted octanol–water partition coefficient (Wildman–Crippen LogP) is 5.09. The van der Waals surface area contributed by atoms with Crippen LogP contribution in [0.25, 0.3) is 6.08 Å². The lowest BCUT2D eigenvalue weighted by atomic mass is 10.1. The normalized spacial score (nSPS) is 18.7. The second-order valence-electron chi connectivity index (χ2n) is 7.18. The summed E-state index contributed by atoms with van der Waals surface area (Å²) < 4.78 is 7.15. The first-order valence-electron chi connectivity index (χ1n) is 10.7. The van der Waals surface area contributed by atoms with E-state index >= 15 is 0 Å². The van der Waals surface area contributed by atoms with Crippen molar-refractivity contribution in [3.05, 3.63) is 53.6 Å². The predicted molar refractivity (Wildman–Crippen MR) is 127 cm³/mol. The standard InChI is InChI=1S/C24H35N5O/c1-7-15-29(9-3)19(4)17-25-24-21(18-26-28(24)5)16-20-13-11-10-12-14-22(20)27-23(8-2)30-6/h8,10-13,16-19H,7,9,14-15H2,1-6H3/b20-16+,23-8+,25-17?,27-22+. The fraction of sp³-hybridized carbons (Fsp3) is 0.458. The Morgan fingerprint density at radius 3 is 2.83 bits per heavy atom. The molecule has 1 aliphatic rings. The van der Waals surface area contributed by atoms with Crippen LogP contribution >= 0.6 is 0 Å². The zero-order valence-corrected chi connectivity index (χ0v) is 19.2. The molecule has 0 aliphatic heterocycles. The van der Waals surface area contributed by atoms with Gasteiger partial charge in [-0.1, -0.05) is 38.2 Å². The molecule has 0 saturated heterocycles. The molecule has 1 unspecified atom stereocenters. The number of aryl methyl sites for hydroxylation is 1. The Labute approximate surface area is 181 Å². The Kier molecular flexibility index (Phi) is 9.48. The molecule has 0 spiro atoms. The van der Waals surface area contributed by atoms with Gasteiger partial charge in [0, 0.05) is 31.3 Å². The second-order valence-corrected chi connectivity index (χ2v) is 7.18. The third-order valence-corrected chi connectivity index (χ3v) is 5.02. The van der Waals surface area contributed by atoms with Gasteiger partial charge in [0.15, 0.2) is 5.82 Å². The highest BCUT2D eigenvalue weighted by atomic mass is 16.5. The molecule has 0 bridgehead atoms. The molecule has 0 saturated carbocycles. The summed E-state index contributed by atoms with van der Waals surface area (Å²) in [7, 11) is 3.56. The first-order chi connectivity index (χ1) is 14.5. The highest BCUT2D eigenvalue weighted by molar-refractivity contribution is 6.08. The summed E-state index contributed by atoms with van der Waals surface area (Å²) in [6.45, 7) is 10.6. The van der Waals surface area contributed by atoms with E-state index in [0.29, 0.717) is 5.88 Å². The zero-order chi connectivity index (χ0) is 21.9. The van der Waals surface area contributed by atoms with Gasteiger partial charge >= 0.3 is 0 Å². The smallest absolute Gasteiger partial charge is 0.208 e. The number of rotatable bonds is 9. The summed E-state index contributed by atoms with van der Waals surface area (Å²) in [4.78, 5) is 11.9.